The number of benzene rings is 2. The monoisotopic (exact) mass is 421 g/mol. The topological polar surface area (TPSA) is 66.9 Å². The SMILES string of the molecule is CCn1c(=S)[nH]c2cc(C(=O)NC(C)c3ccc(Cl)cc3Cl)ccc2c1=O. The first-order valence-corrected chi connectivity index (χ1v) is 9.51. The molecule has 3 rings (SSSR count). The largest absolute Gasteiger partial charge is 0.345 e. The van der Waals surface area contributed by atoms with Crippen LogP contribution in [-0.4, -0.2) is 15.5 Å². The molecule has 1 atom stereocenters. The van der Waals surface area contributed by atoms with Crippen LogP contribution in [0.25, 0.3) is 10.9 Å². The lowest BCUT2D eigenvalue weighted by molar-refractivity contribution is 0.0940. The van der Waals surface area contributed by atoms with Crippen molar-refractivity contribution in [3.8, 4) is 0 Å². The standard InChI is InChI=1S/C19H17Cl2N3O2S/c1-3-24-18(26)14-6-4-11(8-16(14)23-19(24)27)17(25)22-10(2)13-7-5-12(20)9-15(13)21/h4-10H,3H2,1-2H3,(H,22,25)(H,23,27). The van der Waals surface area contributed by atoms with Crippen LogP contribution in [0.5, 0.6) is 0 Å². The number of aromatic amines is 1. The Balaban J connectivity index is 1.92. The van der Waals surface area contributed by atoms with Crippen molar-refractivity contribution in [2.45, 2.75) is 26.4 Å². The second-order valence-electron chi connectivity index (χ2n) is 6.10. The van der Waals surface area contributed by atoms with Gasteiger partial charge in [0.05, 0.1) is 16.9 Å². The first-order chi connectivity index (χ1) is 12.8. The van der Waals surface area contributed by atoms with Gasteiger partial charge in [-0.3, -0.25) is 14.2 Å². The van der Waals surface area contributed by atoms with Crippen LogP contribution >= 0.6 is 35.4 Å². The van der Waals surface area contributed by atoms with Crippen molar-refractivity contribution in [1.29, 1.82) is 0 Å². The molecule has 2 aromatic carbocycles. The first-order valence-electron chi connectivity index (χ1n) is 8.34. The Kier molecular flexibility index (Phi) is 5.69. The molecule has 0 radical (unpaired) electrons. The van der Waals surface area contributed by atoms with E-state index < -0.39 is 0 Å². The third kappa shape index (κ3) is 3.93. The van der Waals surface area contributed by atoms with Crippen molar-refractivity contribution >= 4 is 52.2 Å². The van der Waals surface area contributed by atoms with Gasteiger partial charge in [0.25, 0.3) is 11.5 Å². The number of halogens is 2. The normalized spacial score (nSPS) is 12.1. The number of hydrogen-bond donors (Lipinski definition) is 2. The van der Waals surface area contributed by atoms with Gasteiger partial charge in [-0.15, -0.1) is 0 Å². The summed E-state index contributed by atoms with van der Waals surface area (Å²) in [6.07, 6.45) is 0. The number of rotatable bonds is 4. The maximum atomic E-state index is 12.6. The van der Waals surface area contributed by atoms with Gasteiger partial charge in [-0.05, 0) is 62.0 Å². The number of amides is 1. The van der Waals surface area contributed by atoms with Gasteiger partial charge in [-0.1, -0.05) is 29.3 Å². The van der Waals surface area contributed by atoms with Gasteiger partial charge in [-0.2, -0.15) is 0 Å². The van der Waals surface area contributed by atoms with Crippen molar-refractivity contribution in [1.82, 2.24) is 14.9 Å². The van der Waals surface area contributed by atoms with Crippen molar-refractivity contribution < 1.29 is 4.79 Å². The second-order valence-corrected chi connectivity index (χ2v) is 7.33. The summed E-state index contributed by atoms with van der Waals surface area (Å²) in [6, 6.07) is 9.69. The molecule has 8 heteroatoms. The first kappa shape index (κ1) is 19.6. The van der Waals surface area contributed by atoms with Crippen molar-refractivity contribution in [3.05, 3.63) is 72.7 Å². The number of carbonyl (C=O) groups excluding carboxylic acids is 1. The van der Waals surface area contributed by atoms with E-state index in [9.17, 15) is 9.59 Å². The molecule has 0 spiro atoms. The highest BCUT2D eigenvalue weighted by molar-refractivity contribution is 7.71. The minimum Gasteiger partial charge on any atom is -0.345 e. The quantitative estimate of drug-likeness (QED) is 0.589. The number of carbonyl (C=O) groups is 1. The Labute approximate surface area is 170 Å². The highest BCUT2D eigenvalue weighted by Gasteiger charge is 2.15. The van der Waals surface area contributed by atoms with Crippen LogP contribution in [0.3, 0.4) is 0 Å². The Bertz CT molecular complexity index is 1150. The van der Waals surface area contributed by atoms with Crippen molar-refractivity contribution in [2.24, 2.45) is 0 Å². The molecule has 1 aromatic heterocycles. The van der Waals surface area contributed by atoms with Gasteiger partial charge in [0.1, 0.15) is 0 Å². The fraction of sp³-hybridized carbons (Fsp3) is 0.211. The number of nitrogens with one attached hydrogen (secondary N) is 2. The average Bonchev–Trinajstić information content (AvgIpc) is 2.61. The smallest absolute Gasteiger partial charge is 0.262 e. The summed E-state index contributed by atoms with van der Waals surface area (Å²) in [7, 11) is 0. The van der Waals surface area contributed by atoms with Crippen LogP contribution in [0.15, 0.2) is 41.2 Å². The lowest BCUT2D eigenvalue weighted by atomic mass is 10.1. The van der Waals surface area contributed by atoms with Gasteiger partial charge in [0.2, 0.25) is 0 Å². The highest BCUT2D eigenvalue weighted by atomic mass is 35.5. The summed E-state index contributed by atoms with van der Waals surface area (Å²) in [5.74, 6) is -0.283. The lowest BCUT2D eigenvalue weighted by Gasteiger charge is -2.16. The van der Waals surface area contributed by atoms with Crippen LogP contribution < -0.4 is 10.9 Å². The van der Waals surface area contributed by atoms with Crippen LogP contribution in [-0.2, 0) is 6.54 Å². The van der Waals surface area contributed by atoms with Crippen LogP contribution in [0.2, 0.25) is 10.0 Å². The molecule has 140 valence electrons. The molecule has 0 aliphatic carbocycles. The molecule has 1 amide bonds. The zero-order valence-corrected chi connectivity index (χ0v) is 17.0. The molecule has 0 saturated carbocycles. The Morgan fingerprint density at radius 1 is 1.26 bits per heavy atom. The van der Waals surface area contributed by atoms with E-state index in [1.54, 1.807) is 36.4 Å². The second kappa shape index (κ2) is 7.84. The van der Waals surface area contributed by atoms with E-state index in [2.05, 4.69) is 10.3 Å². The average molecular weight is 422 g/mol. The fourth-order valence-corrected chi connectivity index (χ4v) is 3.79. The maximum absolute atomic E-state index is 12.6. The van der Waals surface area contributed by atoms with E-state index in [1.165, 1.54) is 4.57 Å². The summed E-state index contributed by atoms with van der Waals surface area (Å²) in [5, 5.41) is 4.40. The number of fused-ring (bicyclic) bond motifs is 1. The molecule has 1 unspecified atom stereocenters. The van der Waals surface area contributed by atoms with E-state index in [-0.39, 0.29) is 17.5 Å². The molecule has 1 heterocycles. The Hall–Kier alpha value is -2.15. The van der Waals surface area contributed by atoms with Gasteiger partial charge in [0.15, 0.2) is 4.77 Å². The van der Waals surface area contributed by atoms with Crippen molar-refractivity contribution in [3.63, 3.8) is 0 Å². The molecule has 0 aliphatic rings. The van der Waals surface area contributed by atoms with Gasteiger partial charge >= 0.3 is 0 Å². The molecule has 2 N–H and O–H groups in total. The molecule has 0 aliphatic heterocycles. The molecule has 0 fully saturated rings. The summed E-state index contributed by atoms with van der Waals surface area (Å²) in [5.41, 5.74) is 1.53. The minimum absolute atomic E-state index is 0.176. The van der Waals surface area contributed by atoms with Crippen molar-refractivity contribution in [2.75, 3.05) is 0 Å². The summed E-state index contributed by atoms with van der Waals surface area (Å²) >= 11 is 17.3. The van der Waals surface area contributed by atoms with Gasteiger partial charge < -0.3 is 10.3 Å². The van der Waals surface area contributed by atoms with Crippen LogP contribution in [0, 0.1) is 4.77 Å². The van der Waals surface area contributed by atoms with Gasteiger partial charge in [-0.25, -0.2) is 0 Å². The zero-order chi connectivity index (χ0) is 19.7. The molecule has 0 saturated heterocycles. The number of hydrogen-bond acceptors (Lipinski definition) is 3. The fourth-order valence-electron chi connectivity index (χ4n) is 2.89. The molecule has 27 heavy (non-hydrogen) atoms. The van der Waals surface area contributed by atoms with E-state index in [4.69, 9.17) is 35.4 Å². The highest BCUT2D eigenvalue weighted by Crippen LogP contribution is 2.26. The predicted molar refractivity (Wildman–Crippen MR) is 111 cm³/mol. The van der Waals surface area contributed by atoms with E-state index in [1.807, 2.05) is 13.8 Å². The Morgan fingerprint density at radius 2 is 2.00 bits per heavy atom. The third-order valence-electron chi connectivity index (χ3n) is 4.34. The molecular weight excluding hydrogens is 405 g/mol. The predicted octanol–water partition coefficient (Wildman–Crippen LogP) is 4.88. The number of aromatic nitrogens is 2. The van der Waals surface area contributed by atoms with E-state index >= 15 is 0 Å². The van der Waals surface area contributed by atoms with Crippen LogP contribution in [0.4, 0.5) is 0 Å². The molecular formula is C19H17Cl2N3O2S. The van der Waals surface area contributed by atoms with Gasteiger partial charge in [0, 0.05) is 22.2 Å². The summed E-state index contributed by atoms with van der Waals surface area (Å²) in [4.78, 5) is 28.1. The third-order valence-corrected chi connectivity index (χ3v) is 5.22. The number of nitrogens with zero attached hydrogens (tertiary/aromatic N) is 1. The summed E-state index contributed by atoms with van der Waals surface area (Å²) in [6.45, 7) is 4.16. The zero-order valence-electron chi connectivity index (χ0n) is 14.7. The van der Waals surface area contributed by atoms with Crippen LogP contribution in [0.1, 0.15) is 35.8 Å². The number of H-pyrrole nitrogens is 1. The summed E-state index contributed by atoms with van der Waals surface area (Å²) < 4.78 is 1.80. The van der Waals surface area contributed by atoms with E-state index in [0.29, 0.717) is 37.8 Å². The maximum Gasteiger partial charge on any atom is 0.262 e. The van der Waals surface area contributed by atoms with E-state index in [0.717, 1.165) is 5.56 Å². The molecule has 0 bridgehead atoms. The Morgan fingerprint density at radius 3 is 2.67 bits per heavy atom. The minimum atomic E-state index is -0.315. The lowest BCUT2D eigenvalue weighted by Crippen LogP contribution is -2.27. The molecule has 5 nitrogen and oxygen atoms in total. The molecule has 3 aromatic rings.